The normalized spacial score (nSPS) is 20.8. The first-order valence-corrected chi connectivity index (χ1v) is 4.03. The molecule has 1 heterocycles. The van der Waals surface area contributed by atoms with Gasteiger partial charge in [0.05, 0.1) is 0 Å². The van der Waals surface area contributed by atoms with Crippen molar-refractivity contribution in [2.45, 2.75) is 27.2 Å². The van der Waals surface area contributed by atoms with Crippen LogP contribution in [0.3, 0.4) is 0 Å². The van der Waals surface area contributed by atoms with Gasteiger partial charge in [-0.2, -0.15) is 0 Å². The first-order valence-electron chi connectivity index (χ1n) is 4.03. The lowest BCUT2D eigenvalue weighted by atomic mass is 9.97. The molecule has 1 aliphatic heterocycles. The molecule has 0 aromatic carbocycles. The Bertz CT molecular complexity index is 174. The molecule has 2 nitrogen and oxygen atoms in total. The van der Waals surface area contributed by atoms with Crippen LogP contribution >= 0.6 is 0 Å². The highest BCUT2D eigenvalue weighted by molar-refractivity contribution is 5.86. The van der Waals surface area contributed by atoms with Gasteiger partial charge in [0, 0.05) is 13.0 Å². The molecule has 0 saturated heterocycles. The molecule has 62 valence electrons. The van der Waals surface area contributed by atoms with E-state index < -0.39 is 0 Å². The molecule has 0 saturated carbocycles. The number of aliphatic imine (C=N–C) groups is 1. The molecule has 1 rings (SSSR count). The van der Waals surface area contributed by atoms with Crippen LogP contribution < -0.4 is 5.32 Å². The predicted molar refractivity (Wildman–Crippen MR) is 48.6 cm³/mol. The molecule has 1 N–H and O–H groups in total. The van der Waals surface area contributed by atoms with Crippen LogP contribution in [-0.2, 0) is 0 Å². The van der Waals surface area contributed by atoms with E-state index in [1.807, 2.05) is 6.20 Å². The van der Waals surface area contributed by atoms with Crippen molar-refractivity contribution in [3.8, 4) is 0 Å². The van der Waals surface area contributed by atoms with Crippen molar-refractivity contribution in [3.05, 3.63) is 12.3 Å². The van der Waals surface area contributed by atoms with Gasteiger partial charge in [-0.3, -0.25) is 4.99 Å². The molecule has 2 heteroatoms. The van der Waals surface area contributed by atoms with Gasteiger partial charge in [-0.25, -0.2) is 0 Å². The minimum absolute atomic E-state index is 0.303. The van der Waals surface area contributed by atoms with Crippen LogP contribution in [0.4, 0.5) is 0 Å². The Kier molecular flexibility index (Phi) is 2.32. The standard InChI is InChI=1S/C9H16N2/c1-9(2,3)7-11-8-5-4-6-10-8/h4,6H,5,7H2,1-3H3,(H,10,11). The van der Waals surface area contributed by atoms with E-state index in [0.29, 0.717) is 5.41 Å². The third-order valence-corrected chi connectivity index (χ3v) is 1.42. The fourth-order valence-electron chi connectivity index (χ4n) is 0.827. The van der Waals surface area contributed by atoms with Crippen LogP contribution in [-0.4, -0.2) is 12.4 Å². The Hall–Kier alpha value is -0.790. The summed E-state index contributed by atoms with van der Waals surface area (Å²) in [5.41, 5.74) is 0.303. The SMILES string of the molecule is CC(C)(C)CN=C1CC=CN1. The van der Waals surface area contributed by atoms with Crippen molar-refractivity contribution in [1.82, 2.24) is 5.32 Å². The molecule has 0 spiro atoms. The first kappa shape index (κ1) is 8.31. The summed E-state index contributed by atoms with van der Waals surface area (Å²) >= 11 is 0. The molecule has 1 aliphatic rings. The van der Waals surface area contributed by atoms with Gasteiger partial charge in [-0.1, -0.05) is 26.8 Å². The highest BCUT2D eigenvalue weighted by atomic mass is 15.0. The summed E-state index contributed by atoms with van der Waals surface area (Å²) in [5, 5.41) is 3.10. The van der Waals surface area contributed by atoms with E-state index in [9.17, 15) is 0 Å². The third kappa shape index (κ3) is 3.21. The zero-order valence-electron chi connectivity index (χ0n) is 7.52. The van der Waals surface area contributed by atoms with Crippen LogP contribution in [0.25, 0.3) is 0 Å². The van der Waals surface area contributed by atoms with Crippen molar-refractivity contribution < 1.29 is 0 Å². The monoisotopic (exact) mass is 152 g/mol. The maximum absolute atomic E-state index is 4.44. The number of amidine groups is 1. The van der Waals surface area contributed by atoms with Crippen LogP contribution in [0, 0.1) is 5.41 Å². The molecular formula is C9H16N2. The molecule has 0 aliphatic carbocycles. The Morgan fingerprint density at radius 1 is 1.55 bits per heavy atom. The molecule has 11 heavy (non-hydrogen) atoms. The van der Waals surface area contributed by atoms with Crippen molar-refractivity contribution in [2.75, 3.05) is 6.54 Å². The van der Waals surface area contributed by atoms with E-state index in [0.717, 1.165) is 18.8 Å². The Balaban J connectivity index is 2.36. The molecule has 0 atom stereocenters. The maximum Gasteiger partial charge on any atom is 0.104 e. The summed E-state index contributed by atoms with van der Waals surface area (Å²) in [6, 6.07) is 0. The van der Waals surface area contributed by atoms with Crippen LogP contribution in [0.2, 0.25) is 0 Å². The lowest BCUT2D eigenvalue weighted by molar-refractivity contribution is 0.429. The molecule has 0 fully saturated rings. The summed E-state index contributed by atoms with van der Waals surface area (Å²) in [6.07, 6.45) is 5.00. The predicted octanol–water partition coefficient (Wildman–Crippen LogP) is 1.94. The molecule has 0 unspecified atom stereocenters. The van der Waals surface area contributed by atoms with E-state index in [2.05, 4.69) is 37.2 Å². The summed E-state index contributed by atoms with van der Waals surface area (Å²) in [7, 11) is 0. The minimum atomic E-state index is 0.303. The van der Waals surface area contributed by atoms with Crippen molar-refractivity contribution in [2.24, 2.45) is 10.4 Å². The van der Waals surface area contributed by atoms with Crippen molar-refractivity contribution in [3.63, 3.8) is 0 Å². The Morgan fingerprint density at radius 3 is 2.73 bits per heavy atom. The van der Waals surface area contributed by atoms with Gasteiger partial charge < -0.3 is 5.32 Å². The fraction of sp³-hybridized carbons (Fsp3) is 0.667. The van der Waals surface area contributed by atoms with Crippen LogP contribution in [0.15, 0.2) is 17.3 Å². The quantitative estimate of drug-likeness (QED) is 0.610. The first-order chi connectivity index (χ1) is 5.08. The zero-order valence-corrected chi connectivity index (χ0v) is 7.52. The van der Waals surface area contributed by atoms with Gasteiger partial charge >= 0.3 is 0 Å². The Labute approximate surface area is 68.4 Å². The largest absolute Gasteiger partial charge is 0.350 e. The molecule has 0 amide bonds. The number of rotatable bonds is 1. The number of hydrogen-bond acceptors (Lipinski definition) is 1. The van der Waals surface area contributed by atoms with E-state index in [-0.39, 0.29) is 0 Å². The maximum atomic E-state index is 4.44. The summed E-state index contributed by atoms with van der Waals surface area (Å²) < 4.78 is 0. The third-order valence-electron chi connectivity index (χ3n) is 1.42. The van der Waals surface area contributed by atoms with E-state index >= 15 is 0 Å². The second kappa shape index (κ2) is 3.07. The summed E-state index contributed by atoms with van der Waals surface area (Å²) in [5.74, 6) is 1.10. The molecule has 0 bridgehead atoms. The molecular weight excluding hydrogens is 136 g/mol. The smallest absolute Gasteiger partial charge is 0.104 e. The van der Waals surface area contributed by atoms with Gasteiger partial charge in [-0.15, -0.1) is 0 Å². The number of nitrogens with zero attached hydrogens (tertiary/aromatic N) is 1. The fourth-order valence-corrected chi connectivity index (χ4v) is 0.827. The van der Waals surface area contributed by atoms with E-state index in [4.69, 9.17) is 0 Å². The zero-order chi connectivity index (χ0) is 8.32. The van der Waals surface area contributed by atoms with Gasteiger partial charge in [-0.05, 0) is 11.6 Å². The average molecular weight is 152 g/mol. The van der Waals surface area contributed by atoms with Crippen LogP contribution in [0.1, 0.15) is 27.2 Å². The lowest BCUT2D eigenvalue weighted by Crippen LogP contribution is -2.16. The van der Waals surface area contributed by atoms with Crippen molar-refractivity contribution >= 4 is 5.84 Å². The van der Waals surface area contributed by atoms with Gasteiger partial charge in [0.2, 0.25) is 0 Å². The second-order valence-electron chi connectivity index (χ2n) is 4.07. The summed E-state index contributed by atoms with van der Waals surface area (Å²) in [6.45, 7) is 7.48. The molecule has 0 radical (unpaired) electrons. The lowest BCUT2D eigenvalue weighted by Gasteiger charge is -2.14. The highest BCUT2D eigenvalue weighted by Crippen LogP contribution is 2.13. The van der Waals surface area contributed by atoms with Gasteiger partial charge in [0.1, 0.15) is 5.84 Å². The highest BCUT2D eigenvalue weighted by Gasteiger charge is 2.09. The molecule has 0 aromatic rings. The van der Waals surface area contributed by atoms with E-state index in [1.54, 1.807) is 0 Å². The van der Waals surface area contributed by atoms with E-state index in [1.165, 1.54) is 0 Å². The average Bonchev–Trinajstić information content (AvgIpc) is 2.32. The Morgan fingerprint density at radius 2 is 2.27 bits per heavy atom. The number of hydrogen-bond donors (Lipinski definition) is 1. The van der Waals surface area contributed by atoms with Gasteiger partial charge in [0.15, 0.2) is 0 Å². The van der Waals surface area contributed by atoms with Crippen molar-refractivity contribution in [1.29, 1.82) is 0 Å². The summed E-state index contributed by atoms with van der Waals surface area (Å²) in [4.78, 5) is 4.44. The minimum Gasteiger partial charge on any atom is -0.350 e. The second-order valence-corrected chi connectivity index (χ2v) is 4.07. The van der Waals surface area contributed by atoms with Crippen LogP contribution in [0.5, 0.6) is 0 Å². The number of nitrogens with one attached hydrogen (secondary N) is 1. The molecule has 0 aromatic heterocycles. The van der Waals surface area contributed by atoms with Gasteiger partial charge in [0.25, 0.3) is 0 Å². The topological polar surface area (TPSA) is 24.4 Å².